The van der Waals surface area contributed by atoms with Crippen molar-refractivity contribution in [2.24, 2.45) is 10.9 Å². The van der Waals surface area contributed by atoms with Crippen molar-refractivity contribution < 1.29 is 14.6 Å². The summed E-state index contributed by atoms with van der Waals surface area (Å²) in [6.45, 7) is 13.6. The molecule has 1 amide bonds. The van der Waals surface area contributed by atoms with Crippen LogP contribution in [0.3, 0.4) is 0 Å². The second kappa shape index (κ2) is 10.7. The number of carbonyl (C=O) groups excluding carboxylic acids is 1. The highest BCUT2D eigenvalue weighted by molar-refractivity contribution is 7.10. The maximum absolute atomic E-state index is 12.1. The van der Waals surface area contributed by atoms with E-state index < -0.39 is 11.2 Å². The summed E-state index contributed by atoms with van der Waals surface area (Å²) in [6, 6.07) is 3.83. The van der Waals surface area contributed by atoms with Gasteiger partial charge in [-0.3, -0.25) is 0 Å². The Morgan fingerprint density at radius 2 is 2.04 bits per heavy atom. The van der Waals surface area contributed by atoms with Crippen molar-refractivity contribution >= 4 is 23.4 Å². The van der Waals surface area contributed by atoms with Crippen molar-refractivity contribution in [3.8, 4) is 0 Å². The lowest BCUT2D eigenvalue weighted by Gasteiger charge is -2.27. The number of hydrogen-bond donors (Lipinski definition) is 3. The van der Waals surface area contributed by atoms with Crippen molar-refractivity contribution in [2.45, 2.75) is 52.7 Å². The van der Waals surface area contributed by atoms with Gasteiger partial charge in [0, 0.05) is 31.6 Å². The Morgan fingerprint density at radius 1 is 1.36 bits per heavy atom. The molecule has 8 heteroatoms. The van der Waals surface area contributed by atoms with Crippen LogP contribution in [0.4, 0.5) is 4.79 Å². The van der Waals surface area contributed by atoms with E-state index in [1.54, 1.807) is 18.9 Å². The quantitative estimate of drug-likeness (QED) is 0.451. The normalized spacial score (nSPS) is 15.5. The van der Waals surface area contributed by atoms with Crippen LogP contribution in [0.1, 0.15) is 46.4 Å². The van der Waals surface area contributed by atoms with E-state index in [-0.39, 0.29) is 18.6 Å². The standard InChI is InChI=1S/C20H36N4O3S/c1-8-21-17(23-14-20(6,26)16-10-9-11-28-16)22-12-15(2)13-24(7)18(25)27-19(3,4)5/h9-11,15,26H,8,12-14H2,1-7H3,(H2,21,22,23). The molecule has 2 unspecified atom stereocenters. The van der Waals surface area contributed by atoms with E-state index in [1.165, 1.54) is 11.3 Å². The summed E-state index contributed by atoms with van der Waals surface area (Å²) in [5, 5.41) is 19.0. The Labute approximate surface area is 173 Å². The van der Waals surface area contributed by atoms with Crippen LogP contribution in [-0.2, 0) is 10.3 Å². The maximum atomic E-state index is 12.1. The number of aliphatic hydroxyl groups is 1. The Hall–Kier alpha value is -1.80. The highest BCUT2D eigenvalue weighted by Crippen LogP contribution is 2.25. The van der Waals surface area contributed by atoms with Gasteiger partial charge in [0.2, 0.25) is 0 Å². The molecule has 2 atom stereocenters. The summed E-state index contributed by atoms with van der Waals surface area (Å²) in [6.07, 6.45) is -0.327. The molecule has 1 heterocycles. The van der Waals surface area contributed by atoms with Gasteiger partial charge in [-0.15, -0.1) is 11.3 Å². The number of aliphatic imine (C=N–C) groups is 1. The summed E-state index contributed by atoms with van der Waals surface area (Å²) in [7, 11) is 1.74. The van der Waals surface area contributed by atoms with E-state index >= 15 is 0 Å². The SMILES string of the molecule is CCNC(=NCC(C)(O)c1cccs1)NCC(C)CN(C)C(=O)OC(C)(C)C. The van der Waals surface area contributed by atoms with Crippen molar-refractivity contribution in [2.75, 3.05) is 33.2 Å². The first-order chi connectivity index (χ1) is 12.9. The van der Waals surface area contributed by atoms with E-state index in [2.05, 4.69) is 22.5 Å². The Kier molecular flexibility index (Phi) is 9.23. The third-order valence-electron chi connectivity index (χ3n) is 3.85. The van der Waals surface area contributed by atoms with E-state index in [9.17, 15) is 9.90 Å². The molecule has 0 aliphatic heterocycles. The van der Waals surface area contributed by atoms with Gasteiger partial charge in [0.05, 0.1) is 6.54 Å². The Balaban J connectivity index is 2.56. The predicted molar refractivity (Wildman–Crippen MR) is 116 cm³/mol. The minimum Gasteiger partial charge on any atom is -0.444 e. The topological polar surface area (TPSA) is 86.2 Å². The van der Waals surface area contributed by atoms with Crippen molar-refractivity contribution in [3.05, 3.63) is 22.4 Å². The number of hydrogen-bond acceptors (Lipinski definition) is 5. The first-order valence-electron chi connectivity index (χ1n) is 9.67. The zero-order valence-corrected chi connectivity index (χ0v) is 19.0. The van der Waals surface area contributed by atoms with Crippen LogP contribution < -0.4 is 10.6 Å². The van der Waals surface area contributed by atoms with E-state index in [0.717, 1.165) is 11.4 Å². The number of thiophene rings is 1. The zero-order chi connectivity index (χ0) is 21.4. The summed E-state index contributed by atoms with van der Waals surface area (Å²) >= 11 is 1.52. The molecule has 0 aliphatic rings. The van der Waals surface area contributed by atoms with Gasteiger partial charge in [-0.1, -0.05) is 13.0 Å². The molecule has 0 saturated carbocycles. The fraction of sp³-hybridized carbons (Fsp3) is 0.700. The van der Waals surface area contributed by atoms with Gasteiger partial charge in [0.1, 0.15) is 11.2 Å². The van der Waals surface area contributed by atoms with Gasteiger partial charge < -0.3 is 25.4 Å². The molecule has 0 spiro atoms. The summed E-state index contributed by atoms with van der Waals surface area (Å²) in [5.74, 6) is 0.838. The molecular formula is C20H36N4O3S. The summed E-state index contributed by atoms with van der Waals surface area (Å²) in [5.41, 5.74) is -1.50. The van der Waals surface area contributed by atoms with Gasteiger partial charge >= 0.3 is 6.09 Å². The first kappa shape index (κ1) is 24.2. The molecule has 7 nitrogen and oxygen atoms in total. The monoisotopic (exact) mass is 412 g/mol. The summed E-state index contributed by atoms with van der Waals surface area (Å²) in [4.78, 5) is 19.1. The average molecular weight is 413 g/mol. The van der Waals surface area contributed by atoms with Crippen LogP contribution in [-0.4, -0.2) is 60.9 Å². The fourth-order valence-electron chi connectivity index (χ4n) is 2.46. The molecule has 1 aromatic rings. The second-order valence-corrected chi connectivity index (χ2v) is 9.24. The lowest BCUT2D eigenvalue weighted by Crippen LogP contribution is -2.43. The van der Waals surface area contributed by atoms with Gasteiger partial charge in [-0.25, -0.2) is 9.79 Å². The molecule has 0 fully saturated rings. The largest absolute Gasteiger partial charge is 0.444 e. The van der Waals surface area contributed by atoms with E-state index in [1.807, 2.05) is 45.2 Å². The minimum absolute atomic E-state index is 0.194. The number of nitrogens with zero attached hydrogens (tertiary/aromatic N) is 2. The van der Waals surface area contributed by atoms with Crippen molar-refractivity contribution in [1.29, 1.82) is 0 Å². The molecular weight excluding hydrogens is 376 g/mol. The minimum atomic E-state index is -1.00. The number of rotatable bonds is 8. The van der Waals surface area contributed by atoms with Crippen molar-refractivity contribution in [1.82, 2.24) is 15.5 Å². The van der Waals surface area contributed by atoms with Gasteiger partial charge in [-0.2, -0.15) is 0 Å². The van der Waals surface area contributed by atoms with Crippen LogP contribution in [0.2, 0.25) is 0 Å². The number of guanidine groups is 1. The second-order valence-electron chi connectivity index (χ2n) is 8.29. The lowest BCUT2D eigenvalue weighted by atomic mass is 10.1. The molecule has 0 saturated heterocycles. The Morgan fingerprint density at radius 3 is 2.57 bits per heavy atom. The molecule has 1 aromatic heterocycles. The van der Waals surface area contributed by atoms with Gasteiger partial charge in [-0.05, 0) is 52.0 Å². The number of carbonyl (C=O) groups is 1. The zero-order valence-electron chi connectivity index (χ0n) is 18.2. The first-order valence-corrected chi connectivity index (χ1v) is 10.5. The van der Waals surface area contributed by atoms with E-state index in [4.69, 9.17) is 4.74 Å². The van der Waals surface area contributed by atoms with Crippen LogP contribution in [0.15, 0.2) is 22.5 Å². The molecule has 0 radical (unpaired) electrons. The number of ether oxygens (including phenoxy) is 1. The molecule has 0 aliphatic carbocycles. The molecule has 28 heavy (non-hydrogen) atoms. The van der Waals surface area contributed by atoms with Crippen LogP contribution in [0.25, 0.3) is 0 Å². The molecule has 1 rings (SSSR count). The third-order valence-corrected chi connectivity index (χ3v) is 4.97. The van der Waals surface area contributed by atoms with Gasteiger partial charge in [0.15, 0.2) is 5.96 Å². The fourth-order valence-corrected chi connectivity index (χ4v) is 3.23. The smallest absolute Gasteiger partial charge is 0.410 e. The lowest BCUT2D eigenvalue weighted by molar-refractivity contribution is 0.0277. The Bertz CT molecular complexity index is 624. The molecule has 0 aromatic carbocycles. The predicted octanol–water partition coefficient (Wildman–Crippen LogP) is 3.01. The highest BCUT2D eigenvalue weighted by Gasteiger charge is 2.24. The number of amides is 1. The summed E-state index contributed by atoms with van der Waals surface area (Å²) < 4.78 is 5.38. The van der Waals surface area contributed by atoms with Crippen LogP contribution in [0, 0.1) is 5.92 Å². The average Bonchev–Trinajstić information content (AvgIpc) is 3.11. The maximum Gasteiger partial charge on any atom is 0.410 e. The third kappa shape index (κ3) is 8.93. The highest BCUT2D eigenvalue weighted by atomic mass is 32.1. The molecule has 160 valence electrons. The van der Waals surface area contributed by atoms with Gasteiger partial charge in [0.25, 0.3) is 0 Å². The number of nitrogens with one attached hydrogen (secondary N) is 2. The van der Waals surface area contributed by atoms with Crippen molar-refractivity contribution in [3.63, 3.8) is 0 Å². The van der Waals surface area contributed by atoms with Crippen LogP contribution in [0.5, 0.6) is 0 Å². The molecule has 3 N–H and O–H groups in total. The molecule has 0 bridgehead atoms. The van der Waals surface area contributed by atoms with Crippen LogP contribution >= 0.6 is 11.3 Å². The van der Waals surface area contributed by atoms with E-state index in [0.29, 0.717) is 19.0 Å².